The molecule has 1 aromatic heterocycles. The second-order valence-electron chi connectivity index (χ2n) is 5.28. The largest absolute Gasteiger partial charge is 0.369 e. The van der Waals surface area contributed by atoms with E-state index in [4.69, 9.17) is 11.6 Å². The minimum absolute atomic E-state index is 0.0419. The maximum Gasteiger partial charge on any atom is 0.276 e. The smallest absolute Gasteiger partial charge is 0.276 e. The number of nitrogens with zero attached hydrogens (tertiary/aromatic N) is 3. The van der Waals surface area contributed by atoms with Crippen molar-refractivity contribution in [3.63, 3.8) is 0 Å². The Hall–Kier alpha value is -1.40. The Kier molecular flexibility index (Phi) is 5.14. The van der Waals surface area contributed by atoms with Crippen LogP contribution in [0.1, 0.15) is 19.8 Å². The van der Waals surface area contributed by atoms with Crippen LogP contribution >= 0.6 is 11.6 Å². The number of halogens is 1. The molecule has 1 N–H and O–H groups in total. The van der Waals surface area contributed by atoms with Gasteiger partial charge < -0.3 is 10.2 Å². The third-order valence-corrected chi connectivity index (χ3v) is 3.58. The van der Waals surface area contributed by atoms with Crippen LogP contribution in [-0.2, 0) is 0 Å². The maximum absolute atomic E-state index is 10.8. The number of anilines is 1. The van der Waals surface area contributed by atoms with E-state index in [0.717, 1.165) is 13.1 Å². The molecule has 20 heavy (non-hydrogen) atoms. The zero-order chi connectivity index (χ0) is 14.5. The van der Waals surface area contributed by atoms with Crippen molar-refractivity contribution in [3.05, 3.63) is 27.4 Å². The van der Waals surface area contributed by atoms with Gasteiger partial charge >= 0.3 is 0 Å². The van der Waals surface area contributed by atoms with Crippen molar-refractivity contribution in [1.29, 1.82) is 0 Å². The molecule has 0 aliphatic carbocycles. The topological polar surface area (TPSA) is 71.3 Å². The first-order valence-corrected chi connectivity index (χ1v) is 7.20. The molecule has 6 nitrogen and oxygen atoms in total. The molecule has 1 aliphatic heterocycles. The zero-order valence-corrected chi connectivity index (χ0v) is 12.3. The lowest BCUT2D eigenvalue weighted by Gasteiger charge is -2.20. The number of nitrogens with one attached hydrogen (secondary N) is 1. The van der Waals surface area contributed by atoms with Crippen molar-refractivity contribution in [1.82, 2.24) is 9.88 Å². The number of hydrogen-bond acceptors (Lipinski definition) is 5. The molecule has 1 aromatic rings. The fraction of sp³-hybridized carbons (Fsp3) is 0.615. The van der Waals surface area contributed by atoms with Gasteiger partial charge in [0.15, 0.2) is 0 Å². The van der Waals surface area contributed by atoms with Gasteiger partial charge in [0.1, 0.15) is 11.0 Å². The van der Waals surface area contributed by atoms with Crippen LogP contribution in [-0.4, -0.2) is 41.0 Å². The quantitative estimate of drug-likeness (QED) is 0.497. The number of rotatable bonds is 6. The highest BCUT2D eigenvalue weighted by molar-refractivity contribution is 6.29. The van der Waals surface area contributed by atoms with Crippen LogP contribution in [0.2, 0.25) is 5.15 Å². The predicted octanol–water partition coefficient (Wildman–Crippen LogP) is 2.79. The molecule has 7 heteroatoms. The van der Waals surface area contributed by atoms with Crippen LogP contribution in [0.3, 0.4) is 0 Å². The van der Waals surface area contributed by atoms with Crippen LogP contribution in [0.15, 0.2) is 12.1 Å². The van der Waals surface area contributed by atoms with Gasteiger partial charge in [0.05, 0.1) is 17.1 Å². The van der Waals surface area contributed by atoms with Crippen LogP contribution in [0, 0.1) is 16.0 Å². The lowest BCUT2D eigenvalue weighted by Crippen LogP contribution is -2.29. The molecule has 1 saturated heterocycles. The molecule has 2 rings (SSSR count). The summed E-state index contributed by atoms with van der Waals surface area (Å²) in [6.45, 7) is 6.26. The van der Waals surface area contributed by atoms with E-state index in [-0.39, 0.29) is 10.8 Å². The number of nitro groups is 1. The van der Waals surface area contributed by atoms with Gasteiger partial charge in [-0.3, -0.25) is 10.1 Å². The van der Waals surface area contributed by atoms with Crippen molar-refractivity contribution in [2.45, 2.75) is 19.8 Å². The Balaban J connectivity index is 1.87. The van der Waals surface area contributed by atoms with Crippen molar-refractivity contribution in [2.24, 2.45) is 5.92 Å². The van der Waals surface area contributed by atoms with E-state index in [0.29, 0.717) is 11.7 Å². The maximum atomic E-state index is 10.8. The molecule has 0 saturated carbocycles. The van der Waals surface area contributed by atoms with Gasteiger partial charge in [0.25, 0.3) is 5.69 Å². The Morgan fingerprint density at radius 1 is 1.50 bits per heavy atom. The lowest BCUT2D eigenvalue weighted by molar-refractivity contribution is -0.384. The van der Waals surface area contributed by atoms with Gasteiger partial charge in [0.2, 0.25) is 0 Å². The minimum atomic E-state index is -0.466. The van der Waals surface area contributed by atoms with E-state index in [1.807, 2.05) is 0 Å². The molecule has 1 atom stereocenters. The average Bonchev–Trinajstić information content (AvgIpc) is 2.88. The van der Waals surface area contributed by atoms with Gasteiger partial charge in [-0.15, -0.1) is 0 Å². The molecule has 110 valence electrons. The molecule has 0 spiro atoms. The summed E-state index contributed by atoms with van der Waals surface area (Å²) in [7, 11) is 0. The third kappa shape index (κ3) is 4.31. The van der Waals surface area contributed by atoms with Gasteiger partial charge in [-0.2, -0.15) is 0 Å². The summed E-state index contributed by atoms with van der Waals surface area (Å²) in [6.07, 6.45) is 2.56. The van der Waals surface area contributed by atoms with Crippen molar-refractivity contribution in [3.8, 4) is 0 Å². The number of hydrogen-bond donors (Lipinski definition) is 1. The Morgan fingerprint density at radius 3 is 2.85 bits per heavy atom. The highest BCUT2D eigenvalue weighted by atomic mass is 35.5. The number of pyridine rings is 1. The van der Waals surface area contributed by atoms with Gasteiger partial charge in [-0.1, -0.05) is 18.5 Å². The van der Waals surface area contributed by atoms with E-state index in [1.54, 1.807) is 0 Å². The normalized spacial score (nSPS) is 17.1. The second-order valence-corrected chi connectivity index (χ2v) is 5.67. The van der Waals surface area contributed by atoms with Gasteiger partial charge in [-0.25, -0.2) is 4.98 Å². The van der Waals surface area contributed by atoms with Crippen molar-refractivity contribution in [2.75, 3.05) is 31.5 Å². The molecule has 1 aliphatic rings. The number of likely N-dealkylation sites (tertiary alicyclic amines) is 1. The molecule has 0 amide bonds. The van der Waals surface area contributed by atoms with Gasteiger partial charge in [0, 0.05) is 13.1 Å². The second kappa shape index (κ2) is 6.85. The monoisotopic (exact) mass is 298 g/mol. The summed E-state index contributed by atoms with van der Waals surface area (Å²) in [4.78, 5) is 16.8. The molecule has 1 unspecified atom stereocenters. The van der Waals surface area contributed by atoms with Crippen LogP contribution < -0.4 is 5.32 Å². The molecule has 0 radical (unpaired) electrons. The lowest BCUT2D eigenvalue weighted by atomic mass is 10.1. The van der Waals surface area contributed by atoms with E-state index in [2.05, 4.69) is 22.1 Å². The first-order chi connectivity index (χ1) is 9.54. The first kappa shape index (κ1) is 15.0. The third-order valence-electron chi connectivity index (χ3n) is 3.39. The Bertz CT molecular complexity index is 477. The fourth-order valence-electron chi connectivity index (χ4n) is 2.43. The Labute approximate surface area is 123 Å². The summed E-state index contributed by atoms with van der Waals surface area (Å²) in [5.74, 6) is 0.908. The van der Waals surface area contributed by atoms with Crippen LogP contribution in [0.25, 0.3) is 0 Å². The highest BCUT2D eigenvalue weighted by Gasteiger charge is 2.15. The van der Waals surface area contributed by atoms with E-state index in [1.165, 1.54) is 38.1 Å². The minimum Gasteiger partial charge on any atom is -0.369 e. The highest BCUT2D eigenvalue weighted by Crippen LogP contribution is 2.20. The molecule has 2 heterocycles. The standard InChI is InChI=1S/C13H19ClN4O2/c1-10(9-17-4-2-3-5-17)8-15-13-7-11(18(19)20)6-12(14)16-13/h6-7,10H,2-5,8-9H2,1H3,(H,15,16). The summed E-state index contributed by atoms with van der Waals surface area (Å²) < 4.78 is 0. The molecule has 0 aromatic carbocycles. The first-order valence-electron chi connectivity index (χ1n) is 6.83. The summed E-state index contributed by atoms with van der Waals surface area (Å²) in [5, 5.41) is 14.0. The fourth-order valence-corrected chi connectivity index (χ4v) is 2.63. The van der Waals surface area contributed by atoms with Gasteiger partial charge in [-0.05, 0) is 31.8 Å². The van der Waals surface area contributed by atoms with E-state index < -0.39 is 4.92 Å². The SMILES string of the molecule is CC(CNc1cc([N+](=O)[O-])cc(Cl)n1)CN1CCCC1. The van der Waals surface area contributed by atoms with Crippen LogP contribution in [0.5, 0.6) is 0 Å². The van der Waals surface area contributed by atoms with Crippen molar-refractivity contribution < 1.29 is 4.92 Å². The van der Waals surface area contributed by atoms with E-state index in [9.17, 15) is 10.1 Å². The molecule has 1 fully saturated rings. The average molecular weight is 299 g/mol. The Morgan fingerprint density at radius 2 is 2.20 bits per heavy atom. The summed E-state index contributed by atoms with van der Waals surface area (Å²) >= 11 is 5.78. The summed E-state index contributed by atoms with van der Waals surface area (Å²) in [5.41, 5.74) is -0.0419. The van der Waals surface area contributed by atoms with Crippen molar-refractivity contribution >= 4 is 23.1 Å². The molecular weight excluding hydrogens is 280 g/mol. The molecular formula is C13H19ClN4O2. The van der Waals surface area contributed by atoms with E-state index >= 15 is 0 Å². The van der Waals surface area contributed by atoms with Crippen LogP contribution in [0.4, 0.5) is 11.5 Å². The number of aromatic nitrogens is 1. The summed E-state index contributed by atoms with van der Waals surface area (Å²) in [6, 6.07) is 2.66. The zero-order valence-electron chi connectivity index (χ0n) is 11.5. The molecule has 0 bridgehead atoms. The predicted molar refractivity (Wildman–Crippen MR) is 79.2 cm³/mol.